The van der Waals surface area contributed by atoms with Gasteiger partial charge >= 0.3 is 0 Å². The minimum atomic E-state index is -0.232. The maximum absolute atomic E-state index is 13.3. The van der Waals surface area contributed by atoms with Crippen LogP contribution in [0.4, 0.5) is 4.39 Å². The van der Waals surface area contributed by atoms with Crippen LogP contribution in [0, 0.1) is 5.82 Å². The van der Waals surface area contributed by atoms with Gasteiger partial charge in [0, 0.05) is 0 Å². The van der Waals surface area contributed by atoms with Crippen LogP contribution in [0.15, 0.2) is 24.3 Å². The smallest absolute Gasteiger partial charge is 0.126 e. The van der Waals surface area contributed by atoms with Crippen LogP contribution in [0.2, 0.25) is 0 Å². The molecule has 1 saturated carbocycles. The van der Waals surface area contributed by atoms with Crippen LogP contribution >= 0.6 is 0 Å². The number of aliphatic hydroxyl groups is 1. The highest BCUT2D eigenvalue weighted by atomic mass is 19.1. The summed E-state index contributed by atoms with van der Waals surface area (Å²) in [4.78, 5) is 0. The molecule has 1 aliphatic carbocycles. The number of hydrogen-bond donors (Lipinski definition) is 1. The Labute approximate surface area is 77.2 Å². The van der Waals surface area contributed by atoms with Gasteiger partial charge in [-0.3, -0.25) is 0 Å². The molecule has 2 atom stereocenters. The highest BCUT2D eigenvalue weighted by Gasteiger charge is 2.25. The van der Waals surface area contributed by atoms with Gasteiger partial charge in [0.05, 0.1) is 6.10 Å². The van der Waals surface area contributed by atoms with Gasteiger partial charge in [-0.05, 0) is 36.8 Å². The molecule has 0 bridgehead atoms. The first kappa shape index (κ1) is 8.70. The summed E-state index contributed by atoms with van der Waals surface area (Å²) in [6.45, 7) is 0. The Morgan fingerprint density at radius 2 is 2.00 bits per heavy atom. The molecule has 1 aromatic rings. The Hall–Kier alpha value is -0.890. The van der Waals surface area contributed by atoms with Crippen molar-refractivity contribution in [2.75, 3.05) is 0 Å². The zero-order chi connectivity index (χ0) is 9.26. The average molecular weight is 180 g/mol. The van der Waals surface area contributed by atoms with Gasteiger partial charge in [-0.1, -0.05) is 18.2 Å². The molecule has 0 amide bonds. The Morgan fingerprint density at radius 3 is 2.62 bits per heavy atom. The molecular formula is C11H13FO. The monoisotopic (exact) mass is 180 g/mol. The van der Waals surface area contributed by atoms with E-state index in [1.54, 1.807) is 6.07 Å². The van der Waals surface area contributed by atoms with Gasteiger partial charge in [0.2, 0.25) is 0 Å². The molecule has 2 rings (SSSR count). The predicted molar refractivity (Wildman–Crippen MR) is 49.0 cm³/mol. The maximum Gasteiger partial charge on any atom is 0.126 e. The van der Waals surface area contributed by atoms with E-state index in [0.29, 0.717) is 6.42 Å². The summed E-state index contributed by atoms with van der Waals surface area (Å²) in [6.07, 6.45) is 2.19. The van der Waals surface area contributed by atoms with Gasteiger partial charge < -0.3 is 5.11 Å². The summed E-state index contributed by atoms with van der Waals surface area (Å²) in [5.74, 6) is 0.0813. The molecule has 1 aromatic carbocycles. The fourth-order valence-corrected chi connectivity index (χ4v) is 2.05. The molecule has 1 fully saturated rings. The standard InChI is InChI=1S/C11H13FO/c12-11-4-2-1-3-10(11)8-5-6-9(13)7-8/h1-4,8-9,13H,5-7H2/t8-,9-/m0/s1. The third kappa shape index (κ3) is 1.73. The lowest BCUT2D eigenvalue weighted by Gasteiger charge is -2.09. The van der Waals surface area contributed by atoms with Gasteiger partial charge in [-0.15, -0.1) is 0 Å². The second kappa shape index (κ2) is 3.46. The summed E-state index contributed by atoms with van der Waals surface area (Å²) in [6, 6.07) is 6.85. The first-order valence-corrected chi connectivity index (χ1v) is 4.70. The summed E-state index contributed by atoms with van der Waals surface area (Å²) in [5, 5.41) is 9.33. The van der Waals surface area contributed by atoms with Crippen LogP contribution in [0.5, 0.6) is 0 Å². The quantitative estimate of drug-likeness (QED) is 0.703. The van der Waals surface area contributed by atoms with Crippen LogP contribution in [-0.2, 0) is 0 Å². The van der Waals surface area contributed by atoms with E-state index >= 15 is 0 Å². The third-order valence-corrected chi connectivity index (χ3v) is 2.75. The Morgan fingerprint density at radius 1 is 1.23 bits per heavy atom. The normalized spacial score (nSPS) is 27.8. The van der Waals surface area contributed by atoms with Crippen molar-refractivity contribution in [2.24, 2.45) is 0 Å². The molecule has 13 heavy (non-hydrogen) atoms. The SMILES string of the molecule is O[C@H]1CC[C@H](c2ccccc2F)C1. The van der Waals surface area contributed by atoms with Crippen molar-refractivity contribution in [1.29, 1.82) is 0 Å². The zero-order valence-corrected chi connectivity index (χ0v) is 7.41. The molecule has 0 spiro atoms. The Balaban J connectivity index is 2.21. The zero-order valence-electron chi connectivity index (χ0n) is 7.41. The molecule has 1 N–H and O–H groups in total. The van der Waals surface area contributed by atoms with Crippen LogP contribution < -0.4 is 0 Å². The number of halogens is 1. The van der Waals surface area contributed by atoms with Gasteiger partial charge in [-0.2, -0.15) is 0 Å². The number of rotatable bonds is 1. The van der Waals surface area contributed by atoms with Crippen molar-refractivity contribution >= 4 is 0 Å². The average Bonchev–Trinajstić information content (AvgIpc) is 2.53. The number of hydrogen-bond acceptors (Lipinski definition) is 1. The molecule has 0 saturated heterocycles. The van der Waals surface area contributed by atoms with Gasteiger partial charge in [0.1, 0.15) is 5.82 Å². The van der Waals surface area contributed by atoms with Crippen molar-refractivity contribution in [3.63, 3.8) is 0 Å². The molecule has 0 aromatic heterocycles. The van der Waals surface area contributed by atoms with Crippen molar-refractivity contribution in [1.82, 2.24) is 0 Å². The first-order valence-electron chi connectivity index (χ1n) is 4.70. The second-order valence-corrected chi connectivity index (χ2v) is 3.69. The summed E-state index contributed by atoms with van der Waals surface area (Å²) in [7, 11) is 0. The van der Waals surface area contributed by atoms with E-state index in [0.717, 1.165) is 18.4 Å². The second-order valence-electron chi connectivity index (χ2n) is 3.69. The maximum atomic E-state index is 13.3. The van der Waals surface area contributed by atoms with E-state index in [2.05, 4.69) is 0 Å². The molecule has 1 nitrogen and oxygen atoms in total. The first-order chi connectivity index (χ1) is 6.27. The Kier molecular flexibility index (Phi) is 2.32. The van der Waals surface area contributed by atoms with E-state index in [-0.39, 0.29) is 17.8 Å². The fraction of sp³-hybridized carbons (Fsp3) is 0.455. The highest BCUT2D eigenvalue weighted by Crippen LogP contribution is 2.35. The lowest BCUT2D eigenvalue weighted by Crippen LogP contribution is -2.00. The number of aliphatic hydroxyl groups excluding tert-OH is 1. The fourth-order valence-electron chi connectivity index (χ4n) is 2.05. The molecule has 2 heteroatoms. The lowest BCUT2D eigenvalue weighted by atomic mass is 9.97. The highest BCUT2D eigenvalue weighted by molar-refractivity contribution is 5.22. The van der Waals surface area contributed by atoms with E-state index in [1.165, 1.54) is 6.07 Å². The number of benzene rings is 1. The topological polar surface area (TPSA) is 20.2 Å². The van der Waals surface area contributed by atoms with E-state index < -0.39 is 0 Å². The van der Waals surface area contributed by atoms with Crippen molar-refractivity contribution in [3.8, 4) is 0 Å². The molecule has 1 aliphatic rings. The summed E-state index contributed by atoms with van der Waals surface area (Å²) >= 11 is 0. The lowest BCUT2D eigenvalue weighted by molar-refractivity contribution is 0.181. The summed E-state index contributed by atoms with van der Waals surface area (Å²) in [5.41, 5.74) is 0.763. The molecule has 0 radical (unpaired) electrons. The van der Waals surface area contributed by atoms with Crippen LogP contribution in [0.3, 0.4) is 0 Å². The third-order valence-electron chi connectivity index (χ3n) is 2.75. The van der Waals surface area contributed by atoms with E-state index in [9.17, 15) is 9.50 Å². The van der Waals surface area contributed by atoms with Gasteiger partial charge in [0.25, 0.3) is 0 Å². The van der Waals surface area contributed by atoms with Gasteiger partial charge in [-0.25, -0.2) is 4.39 Å². The van der Waals surface area contributed by atoms with Crippen molar-refractivity contribution < 1.29 is 9.50 Å². The predicted octanol–water partition coefficient (Wildman–Crippen LogP) is 2.45. The minimum absolute atomic E-state index is 0.137. The van der Waals surface area contributed by atoms with Crippen LogP contribution in [0.1, 0.15) is 30.7 Å². The largest absolute Gasteiger partial charge is 0.393 e. The summed E-state index contributed by atoms with van der Waals surface area (Å²) < 4.78 is 13.3. The van der Waals surface area contributed by atoms with Gasteiger partial charge in [0.15, 0.2) is 0 Å². The molecule has 70 valence electrons. The van der Waals surface area contributed by atoms with E-state index in [1.807, 2.05) is 12.1 Å². The Bertz CT molecular complexity index is 298. The van der Waals surface area contributed by atoms with Crippen LogP contribution in [-0.4, -0.2) is 11.2 Å². The van der Waals surface area contributed by atoms with E-state index in [4.69, 9.17) is 0 Å². The molecule has 0 heterocycles. The van der Waals surface area contributed by atoms with Crippen molar-refractivity contribution in [3.05, 3.63) is 35.6 Å². The van der Waals surface area contributed by atoms with Crippen LogP contribution in [0.25, 0.3) is 0 Å². The van der Waals surface area contributed by atoms with Crippen molar-refractivity contribution in [2.45, 2.75) is 31.3 Å². The molecular weight excluding hydrogens is 167 g/mol. The molecule has 0 aliphatic heterocycles. The molecule has 0 unspecified atom stereocenters. The minimum Gasteiger partial charge on any atom is -0.393 e.